The molecule has 0 bridgehead atoms. The molecule has 0 unspecified atom stereocenters. The highest BCUT2D eigenvalue weighted by Gasteiger charge is 2.21. The molecular weight excluding hydrogens is 409 g/mol. The molecule has 1 aromatic carbocycles. The van der Waals surface area contributed by atoms with E-state index >= 15 is 0 Å². The molecule has 3 N–H and O–H groups in total. The van der Waals surface area contributed by atoms with Gasteiger partial charge in [-0.1, -0.05) is 65.3 Å². The first-order valence-corrected chi connectivity index (χ1v) is 9.19. The average molecular weight is 420 g/mol. The molecule has 136 valence electrons. The van der Waals surface area contributed by atoms with Crippen molar-refractivity contribution in [3.05, 3.63) is 57.8 Å². The molecule has 1 amide bonds. The lowest BCUT2D eigenvalue weighted by molar-refractivity contribution is 0.251. The number of thioether (sulfide) groups is 1. The van der Waals surface area contributed by atoms with E-state index in [-0.39, 0.29) is 27.6 Å². The molecule has 0 radical (unpaired) electrons. The Balaban J connectivity index is 1.82. The van der Waals surface area contributed by atoms with Crippen molar-refractivity contribution in [1.29, 1.82) is 5.26 Å². The number of carbonyl (C=O) groups is 1. The second-order valence-electron chi connectivity index (χ2n) is 5.13. The van der Waals surface area contributed by atoms with Crippen LogP contribution in [0.25, 0.3) is 0 Å². The van der Waals surface area contributed by atoms with Crippen LogP contribution < -0.4 is 11.1 Å². The number of nitriles is 1. The van der Waals surface area contributed by atoms with Crippen molar-refractivity contribution in [2.45, 2.75) is 10.8 Å². The van der Waals surface area contributed by atoms with Crippen LogP contribution in [0.15, 0.2) is 41.4 Å². The summed E-state index contributed by atoms with van der Waals surface area (Å²) in [6.07, 6.45) is 0. The van der Waals surface area contributed by atoms with E-state index < -0.39 is 6.03 Å². The van der Waals surface area contributed by atoms with E-state index in [0.29, 0.717) is 10.8 Å². The van der Waals surface area contributed by atoms with E-state index in [1.165, 1.54) is 17.8 Å². The SMILES string of the molecule is N#Cc1c(SCc2ccccc2)nn(C(=O)Nc2nc(Cl)cc(Cl)n2)c1N. The van der Waals surface area contributed by atoms with Crippen LogP contribution in [-0.4, -0.2) is 25.8 Å². The second-order valence-corrected chi connectivity index (χ2v) is 6.87. The van der Waals surface area contributed by atoms with Crippen LogP contribution in [0.4, 0.5) is 16.6 Å². The number of hydrogen-bond donors (Lipinski definition) is 2. The van der Waals surface area contributed by atoms with E-state index in [9.17, 15) is 10.1 Å². The van der Waals surface area contributed by atoms with Gasteiger partial charge < -0.3 is 5.73 Å². The van der Waals surface area contributed by atoms with Gasteiger partial charge in [0.05, 0.1) is 0 Å². The fourth-order valence-electron chi connectivity index (χ4n) is 2.09. The molecule has 0 spiro atoms. The number of halogens is 2. The van der Waals surface area contributed by atoms with Crippen molar-refractivity contribution in [2.75, 3.05) is 11.1 Å². The van der Waals surface area contributed by atoms with Gasteiger partial charge in [-0.05, 0) is 5.56 Å². The number of rotatable bonds is 4. The maximum Gasteiger partial charge on any atom is 0.350 e. The summed E-state index contributed by atoms with van der Waals surface area (Å²) in [5, 5.41) is 16.4. The van der Waals surface area contributed by atoms with Crippen LogP contribution in [0, 0.1) is 11.3 Å². The van der Waals surface area contributed by atoms with Crippen LogP contribution in [0.2, 0.25) is 10.3 Å². The van der Waals surface area contributed by atoms with Crippen molar-refractivity contribution in [3.8, 4) is 6.07 Å². The molecule has 0 atom stereocenters. The minimum Gasteiger partial charge on any atom is -0.382 e. The first-order valence-electron chi connectivity index (χ1n) is 7.44. The normalized spacial score (nSPS) is 10.4. The fraction of sp³-hybridized carbons (Fsp3) is 0.0625. The van der Waals surface area contributed by atoms with Gasteiger partial charge >= 0.3 is 6.03 Å². The molecule has 3 rings (SSSR count). The largest absolute Gasteiger partial charge is 0.382 e. The molecule has 0 fully saturated rings. The Kier molecular flexibility index (Phi) is 5.81. The summed E-state index contributed by atoms with van der Waals surface area (Å²) in [4.78, 5) is 20.1. The molecule has 8 nitrogen and oxygen atoms in total. The highest BCUT2D eigenvalue weighted by atomic mass is 35.5. The van der Waals surface area contributed by atoms with E-state index in [2.05, 4.69) is 20.4 Å². The third kappa shape index (κ3) is 4.49. The van der Waals surface area contributed by atoms with Gasteiger partial charge in [-0.25, -0.2) is 14.8 Å². The number of hydrogen-bond acceptors (Lipinski definition) is 7. The highest BCUT2D eigenvalue weighted by molar-refractivity contribution is 7.98. The van der Waals surface area contributed by atoms with Crippen molar-refractivity contribution in [2.24, 2.45) is 0 Å². The Hall–Kier alpha value is -2.80. The number of benzene rings is 1. The maximum absolute atomic E-state index is 12.4. The molecule has 2 heterocycles. The Morgan fingerprint density at radius 1 is 1.26 bits per heavy atom. The third-order valence-electron chi connectivity index (χ3n) is 3.29. The second kappa shape index (κ2) is 8.26. The first-order chi connectivity index (χ1) is 13.0. The minimum absolute atomic E-state index is 0.0653. The zero-order chi connectivity index (χ0) is 19.4. The maximum atomic E-state index is 12.4. The molecule has 11 heteroatoms. The summed E-state index contributed by atoms with van der Waals surface area (Å²) in [7, 11) is 0. The van der Waals surface area contributed by atoms with Crippen LogP contribution >= 0.6 is 35.0 Å². The predicted octanol–water partition coefficient (Wildman–Crippen LogP) is 3.81. The molecule has 3 aromatic rings. The standard InChI is InChI=1S/C16H11Cl2N7OS/c17-11-6-12(18)22-15(21-11)23-16(26)25-13(20)10(7-19)14(24-25)27-8-9-4-2-1-3-5-9/h1-6H,8,20H2,(H,21,22,23,26). The molecule has 0 saturated carbocycles. The van der Waals surface area contributed by atoms with E-state index in [0.717, 1.165) is 10.2 Å². The van der Waals surface area contributed by atoms with Crippen molar-refractivity contribution < 1.29 is 4.79 Å². The number of aromatic nitrogens is 4. The summed E-state index contributed by atoms with van der Waals surface area (Å²) in [6, 6.07) is 12.2. The lowest BCUT2D eigenvalue weighted by atomic mass is 10.2. The van der Waals surface area contributed by atoms with Gasteiger partial charge in [0.25, 0.3) is 0 Å². The van der Waals surface area contributed by atoms with Crippen molar-refractivity contribution in [3.63, 3.8) is 0 Å². The van der Waals surface area contributed by atoms with Gasteiger partial charge in [0.15, 0.2) is 5.82 Å². The third-order valence-corrected chi connectivity index (χ3v) is 4.72. The summed E-state index contributed by atoms with van der Waals surface area (Å²) in [5.41, 5.74) is 7.08. The lowest BCUT2D eigenvalue weighted by Gasteiger charge is -2.05. The van der Waals surface area contributed by atoms with Crippen LogP contribution in [0.5, 0.6) is 0 Å². The summed E-state index contributed by atoms with van der Waals surface area (Å²) in [5.74, 6) is 0.378. The van der Waals surface area contributed by atoms with E-state index in [4.69, 9.17) is 28.9 Å². The predicted molar refractivity (Wildman–Crippen MR) is 104 cm³/mol. The van der Waals surface area contributed by atoms with E-state index in [1.54, 1.807) is 0 Å². The molecule has 0 aliphatic rings. The number of anilines is 2. The van der Waals surface area contributed by atoms with Crippen LogP contribution in [0.1, 0.15) is 11.1 Å². The van der Waals surface area contributed by atoms with Gasteiger partial charge in [0.2, 0.25) is 5.95 Å². The smallest absolute Gasteiger partial charge is 0.350 e. The summed E-state index contributed by atoms with van der Waals surface area (Å²) in [6.45, 7) is 0. The van der Waals surface area contributed by atoms with Gasteiger partial charge in [0.1, 0.15) is 27.0 Å². The number of nitrogens with one attached hydrogen (secondary N) is 1. The fourth-order valence-corrected chi connectivity index (χ4v) is 3.44. The van der Waals surface area contributed by atoms with E-state index in [1.807, 2.05) is 36.4 Å². The minimum atomic E-state index is -0.742. The quantitative estimate of drug-likeness (QED) is 0.486. The molecule has 0 aliphatic carbocycles. The first kappa shape index (κ1) is 19.0. The number of nitrogens with two attached hydrogens (primary N) is 1. The van der Waals surface area contributed by atoms with Gasteiger partial charge in [-0.2, -0.15) is 15.0 Å². The zero-order valence-corrected chi connectivity index (χ0v) is 15.9. The van der Waals surface area contributed by atoms with Crippen molar-refractivity contribution in [1.82, 2.24) is 19.7 Å². The Morgan fingerprint density at radius 3 is 2.56 bits per heavy atom. The van der Waals surface area contributed by atoms with Crippen LogP contribution in [-0.2, 0) is 5.75 Å². The Morgan fingerprint density at radius 2 is 1.93 bits per heavy atom. The summed E-state index contributed by atoms with van der Waals surface area (Å²) >= 11 is 12.9. The molecule has 2 aromatic heterocycles. The molecular formula is C16H11Cl2N7OS. The topological polar surface area (TPSA) is 123 Å². The monoisotopic (exact) mass is 419 g/mol. The van der Waals surface area contributed by atoms with Crippen LogP contribution in [0.3, 0.4) is 0 Å². The Bertz CT molecular complexity index is 1010. The number of amides is 1. The molecule has 27 heavy (non-hydrogen) atoms. The van der Waals surface area contributed by atoms with Gasteiger partial charge in [-0.15, -0.1) is 0 Å². The number of nitrogen functional groups attached to an aromatic ring is 1. The molecule has 0 aliphatic heterocycles. The zero-order valence-electron chi connectivity index (χ0n) is 13.6. The molecule has 0 saturated heterocycles. The Labute approximate surface area is 168 Å². The van der Waals surface area contributed by atoms with Gasteiger partial charge in [0, 0.05) is 11.8 Å². The average Bonchev–Trinajstić information content (AvgIpc) is 2.95. The van der Waals surface area contributed by atoms with Crippen molar-refractivity contribution >= 4 is 52.8 Å². The number of carbonyl (C=O) groups excluding carboxylic acids is 1. The lowest BCUT2D eigenvalue weighted by Crippen LogP contribution is -2.23. The number of nitrogens with zero attached hydrogens (tertiary/aromatic N) is 5. The van der Waals surface area contributed by atoms with Gasteiger partial charge in [-0.3, -0.25) is 5.32 Å². The highest BCUT2D eigenvalue weighted by Crippen LogP contribution is 2.28. The summed E-state index contributed by atoms with van der Waals surface area (Å²) < 4.78 is 0.879.